The number of rotatable bonds is 3. The monoisotopic (exact) mass is 321 g/mol. The summed E-state index contributed by atoms with van der Waals surface area (Å²) in [5.74, 6) is 0.522. The minimum Gasteiger partial charge on any atom is -0.332 e. The lowest BCUT2D eigenvalue weighted by atomic mass is 9.93. The number of fused-ring (bicyclic) bond motifs is 1. The maximum Gasteiger partial charge on any atom is 0.230 e. The first-order valence-electron chi connectivity index (χ1n) is 8.27. The number of hydrogen-bond donors (Lipinski definition) is 1. The molecule has 1 aliphatic rings. The smallest absolute Gasteiger partial charge is 0.230 e. The van der Waals surface area contributed by atoms with Gasteiger partial charge >= 0.3 is 0 Å². The normalized spacial score (nSPS) is 18.9. The van der Waals surface area contributed by atoms with E-state index >= 15 is 0 Å². The number of aromatic amines is 1. The lowest BCUT2D eigenvalue weighted by Crippen LogP contribution is -2.34. The zero-order valence-electron chi connectivity index (χ0n) is 13.5. The summed E-state index contributed by atoms with van der Waals surface area (Å²) in [6.45, 7) is 2.73. The molecule has 2 heterocycles. The summed E-state index contributed by atoms with van der Waals surface area (Å²) < 4.78 is 0. The maximum atomic E-state index is 13.1. The molecule has 0 bridgehead atoms. The van der Waals surface area contributed by atoms with Crippen LogP contribution in [0, 0.1) is 0 Å². The van der Waals surface area contributed by atoms with Crippen LogP contribution in [0.5, 0.6) is 0 Å². The van der Waals surface area contributed by atoms with Gasteiger partial charge in [-0.05, 0) is 36.1 Å². The number of H-pyrrole nitrogens is 1. The van der Waals surface area contributed by atoms with Gasteiger partial charge in [0.05, 0.1) is 12.0 Å². The Morgan fingerprint density at radius 1 is 1.25 bits per heavy atom. The minimum absolute atomic E-state index is 0.0753. The summed E-state index contributed by atoms with van der Waals surface area (Å²) >= 11 is 0. The average Bonchev–Trinajstić information content (AvgIpc) is 3.30. The number of hydrogen-bond acceptors (Lipinski definition) is 4. The summed E-state index contributed by atoms with van der Waals surface area (Å²) in [6.07, 6.45) is 1.85. The summed E-state index contributed by atoms with van der Waals surface area (Å²) in [7, 11) is 0. The van der Waals surface area contributed by atoms with Crippen molar-refractivity contribution in [1.82, 2.24) is 25.5 Å². The number of tetrazole rings is 1. The van der Waals surface area contributed by atoms with Gasteiger partial charge in [-0.2, -0.15) is 5.21 Å². The molecule has 4 rings (SSSR count). The van der Waals surface area contributed by atoms with Crippen molar-refractivity contribution in [3.05, 3.63) is 53.9 Å². The van der Waals surface area contributed by atoms with E-state index in [4.69, 9.17) is 0 Å². The molecule has 0 saturated carbocycles. The van der Waals surface area contributed by atoms with Gasteiger partial charge in [-0.3, -0.25) is 4.79 Å². The van der Waals surface area contributed by atoms with Crippen molar-refractivity contribution >= 4 is 16.7 Å². The fraction of sp³-hybridized carbons (Fsp3) is 0.333. The molecule has 122 valence electrons. The number of benzene rings is 2. The van der Waals surface area contributed by atoms with Crippen molar-refractivity contribution < 1.29 is 4.79 Å². The van der Waals surface area contributed by atoms with Crippen molar-refractivity contribution in [3.8, 4) is 0 Å². The highest BCUT2D eigenvalue weighted by atomic mass is 16.2. The summed E-state index contributed by atoms with van der Waals surface area (Å²) in [5, 5.41) is 16.6. The molecule has 24 heavy (non-hydrogen) atoms. The molecule has 1 N–H and O–H groups in total. The standard InChI is InChI=1S/C18H19N5O/c1-12(14-9-4-7-13-6-2-3-8-15(13)14)18(24)23-11-5-10-16(23)17-19-21-22-20-17/h2-4,6-9,12,16H,5,10-11H2,1H3,(H,19,20,21,22)/t12?,16-/m0/s1. The Morgan fingerprint density at radius 2 is 2.08 bits per heavy atom. The van der Waals surface area contributed by atoms with Crippen molar-refractivity contribution in [2.75, 3.05) is 6.54 Å². The number of aromatic nitrogens is 4. The number of amides is 1. The minimum atomic E-state index is -0.205. The second-order valence-electron chi connectivity index (χ2n) is 6.25. The van der Waals surface area contributed by atoms with Crippen LogP contribution in [0.4, 0.5) is 0 Å². The molecule has 1 fully saturated rings. The van der Waals surface area contributed by atoms with E-state index in [1.807, 2.05) is 36.1 Å². The fourth-order valence-corrected chi connectivity index (χ4v) is 3.62. The number of carbonyl (C=O) groups is 1. The van der Waals surface area contributed by atoms with E-state index in [1.54, 1.807) is 0 Å². The molecular formula is C18H19N5O. The van der Waals surface area contributed by atoms with Gasteiger partial charge in [0, 0.05) is 6.54 Å². The third-order valence-electron chi connectivity index (χ3n) is 4.86. The van der Waals surface area contributed by atoms with Crippen molar-refractivity contribution in [2.24, 2.45) is 0 Å². The number of nitrogens with one attached hydrogen (secondary N) is 1. The molecule has 1 amide bonds. The fourth-order valence-electron chi connectivity index (χ4n) is 3.62. The Hall–Kier alpha value is -2.76. The first-order chi connectivity index (χ1) is 11.8. The van der Waals surface area contributed by atoms with Crippen LogP contribution in [0.2, 0.25) is 0 Å². The maximum absolute atomic E-state index is 13.1. The molecular weight excluding hydrogens is 302 g/mol. The molecule has 0 aliphatic carbocycles. The predicted octanol–water partition coefficient (Wildman–Crippen LogP) is 2.82. The van der Waals surface area contributed by atoms with E-state index in [1.165, 1.54) is 0 Å². The molecule has 3 aromatic rings. The van der Waals surface area contributed by atoms with Gasteiger partial charge in [0.1, 0.15) is 0 Å². The predicted molar refractivity (Wildman–Crippen MR) is 90.2 cm³/mol. The number of likely N-dealkylation sites (tertiary alicyclic amines) is 1. The molecule has 0 radical (unpaired) electrons. The quantitative estimate of drug-likeness (QED) is 0.805. The Morgan fingerprint density at radius 3 is 2.92 bits per heavy atom. The second kappa shape index (κ2) is 6.03. The number of carbonyl (C=O) groups excluding carboxylic acids is 1. The van der Waals surface area contributed by atoms with E-state index in [0.717, 1.165) is 35.7 Å². The van der Waals surface area contributed by atoms with Gasteiger partial charge in [0.15, 0.2) is 5.82 Å². The van der Waals surface area contributed by atoms with E-state index < -0.39 is 0 Å². The third-order valence-corrected chi connectivity index (χ3v) is 4.86. The molecule has 6 heteroatoms. The van der Waals surface area contributed by atoms with Crippen LogP contribution in [0.15, 0.2) is 42.5 Å². The van der Waals surface area contributed by atoms with Gasteiger partial charge in [-0.25, -0.2) is 0 Å². The molecule has 0 spiro atoms. The van der Waals surface area contributed by atoms with Crippen LogP contribution >= 0.6 is 0 Å². The Kier molecular flexibility index (Phi) is 3.72. The molecule has 6 nitrogen and oxygen atoms in total. The first kappa shape index (κ1) is 14.8. The SMILES string of the molecule is CC(C(=O)N1CCC[C@H]1c1nn[nH]n1)c1cccc2ccccc12. The first-order valence-corrected chi connectivity index (χ1v) is 8.27. The number of nitrogens with zero attached hydrogens (tertiary/aromatic N) is 4. The molecule has 2 atom stereocenters. The second-order valence-corrected chi connectivity index (χ2v) is 6.25. The van der Waals surface area contributed by atoms with Gasteiger partial charge in [-0.15, -0.1) is 10.2 Å². The van der Waals surface area contributed by atoms with E-state index in [0.29, 0.717) is 5.82 Å². The zero-order chi connectivity index (χ0) is 16.5. The zero-order valence-corrected chi connectivity index (χ0v) is 13.5. The highest BCUT2D eigenvalue weighted by molar-refractivity contribution is 5.93. The Balaban J connectivity index is 1.66. The highest BCUT2D eigenvalue weighted by Crippen LogP contribution is 2.34. The molecule has 1 unspecified atom stereocenters. The van der Waals surface area contributed by atoms with Crippen LogP contribution in [-0.4, -0.2) is 38.0 Å². The molecule has 1 aliphatic heterocycles. The highest BCUT2D eigenvalue weighted by Gasteiger charge is 2.35. The lowest BCUT2D eigenvalue weighted by Gasteiger charge is -2.26. The van der Waals surface area contributed by atoms with Crippen LogP contribution < -0.4 is 0 Å². The van der Waals surface area contributed by atoms with Gasteiger partial charge < -0.3 is 4.90 Å². The average molecular weight is 321 g/mol. The molecule has 2 aromatic carbocycles. The third kappa shape index (κ3) is 2.44. The van der Waals surface area contributed by atoms with E-state index in [2.05, 4.69) is 38.8 Å². The van der Waals surface area contributed by atoms with E-state index in [-0.39, 0.29) is 17.9 Å². The summed E-state index contributed by atoms with van der Waals surface area (Å²) in [6, 6.07) is 14.3. The topological polar surface area (TPSA) is 74.8 Å². The summed E-state index contributed by atoms with van der Waals surface area (Å²) in [4.78, 5) is 15.0. The Labute approximate surface area is 139 Å². The van der Waals surface area contributed by atoms with E-state index in [9.17, 15) is 4.79 Å². The molecule has 1 aromatic heterocycles. The van der Waals surface area contributed by atoms with Gasteiger partial charge in [0.2, 0.25) is 5.91 Å². The van der Waals surface area contributed by atoms with Gasteiger partial charge in [0.25, 0.3) is 0 Å². The molecule has 1 saturated heterocycles. The van der Waals surface area contributed by atoms with Crippen molar-refractivity contribution in [2.45, 2.75) is 31.7 Å². The van der Waals surface area contributed by atoms with Crippen molar-refractivity contribution in [1.29, 1.82) is 0 Å². The van der Waals surface area contributed by atoms with Crippen LogP contribution in [0.1, 0.15) is 43.1 Å². The van der Waals surface area contributed by atoms with Crippen LogP contribution in [-0.2, 0) is 4.79 Å². The largest absolute Gasteiger partial charge is 0.332 e. The lowest BCUT2D eigenvalue weighted by molar-refractivity contribution is -0.133. The van der Waals surface area contributed by atoms with Crippen molar-refractivity contribution in [3.63, 3.8) is 0 Å². The van der Waals surface area contributed by atoms with Gasteiger partial charge in [-0.1, -0.05) is 47.7 Å². The summed E-state index contributed by atoms with van der Waals surface area (Å²) in [5.41, 5.74) is 1.07. The van der Waals surface area contributed by atoms with Crippen LogP contribution in [0.3, 0.4) is 0 Å². The van der Waals surface area contributed by atoms with Crippen LogP contribution in [0.25, 0.3) is 10.8 Å². The Bertz CT molecular complexity index is 855.